The monoisotopic (exact) mass is 156 g/mol. The van der Waals surface area contributed by atoms with Crippen LogP contribution in [-0.2, 0) is 4.43 Å². The van der Waals surface area contributed by atoms with Gasteiger partial charge in [0.25, 0.3) is 0 Å². The van der Waals surface area contributed by atoms with Crippen LogP contribution in [0, 0.1) is 0 Å². The van der Waals surface area contributed by atoms with E-state index >= 15 is 0 Å². The highest BCUT2D eigenvalue weighted by Crippen LogP contribution is 2.25. The highest BCUT2D eigenvalue weighted by Gasteiger charge is 2.29. The lowest BCUT2D eigenvalue weighted by atomic mass is 10.2. The van der Waals surface area contributed by atoms with Gasteiger partial charge in [0.2, 0.25) is 0 Å². The Balaban J connectivity index is 2.47. The maximum Gasteiger partial charge on any atom is 0.187 e. The predicted octanol–water partition coefficient (Wildman–Crippen LogP) is 2.56. The first-order chi connectivity index (χ1) is 4.64. The van der Waals surface area contributed by atoms with Crippen LogP contribution in [0.15, 0.2) is 12.7 Å². The summed E-state index contributed by atoms with van der Waals surface area (Å²) in [7, 11) is -1.25. The van der Waals surface area contributed by atoms with E-state index in [1.165, 1.54) is 18.9 Å². The Hall–Kier alpha value is -0.0831. The quantitative estimate of drug-likeness (QED) is 0.419. The third-order valence-corrected chi connectivity index (χ3v) is 4.50. The molecule has 0 radical (unpaired) electrons. The Morgan fingerprint density at radius 1 is 1.60 bits per heavy atom. The number of hydrogen-bond acceptors (Lipinski definition) is 1. The Bertz CT molecular complexity index is 131. The molecular formula is C8H16OSi. The Morgan fingerprint density at radius 2 is 2.30 bits per heavy atom. The molecule has 10 heavy (non-hydrogen) atoms. The molecule has 1 heterocycles. The zero-order chi connectivity index (χ0) is 7.61. The average molecular weight is 156 g/mol. The van der Waals surface area contributed by atoms with Crippen LogP contribution in [0.3, 0.4) is 0 Å². The molecule has 58 valence electrons. The molecule has 1 nitrogen and oxygen atoms in total. The number of hydrogen-bond donors (Lipinski definition) is 0. The third-order valence-electron chi connectivity index (χ3n) is 2.00. The molecule has 1 aliphatic heterocycles. The maximum atomic E-state index is 5.84. The van der Waals surface area contributed by atoms with Gasteiger partial charge < -0.3 is 4.43 Å². The molecule has 1 fully saturated rings. The van der Waals surface area contributed by atoms with E-state index in [-0.39, 0.29) is 0 Å². The Labute approximate surface area is 64.2 Å². The second-order valence-corrected chi connectivity index (χ2v) is 7.80. The first-order valence-electron chi connectivity index (χ1n) is 3.94. The molecule has 0 amide bonds. The van der Waals surface area contributed by atoms with Gasteiger partial charge in [0.1, 0.15) is 0 Å². The van der Waals surface area contributed by atoms with E-state index in [0.29, 0.717) is 6.10 Å². The average Bonchev–Trinajstić information content (AvgIpc) is 1.86. The van der Waals surface area contributed by atoms with Crippen LogP contribution in [0.25, 0.3) is 0 Å². The van der Waals surface area contributed by atoms with Crippen molar-refractivity contribution in [2.24, 2.45) is 0 Å². The van der Waals surface area contributed by atoms with Crippen molar-refractivity contribution in [1.29, 1.82) is 0 Å². The van der Waals surface area contributed by atoms with Crippen molar-refractivity contribution in [3.63, 3.8) is 0 Å². The summed E-state index contributed by atoms with van der Waals surface area (Å²) >= 11 is 0. The van der Waals surface area contributed by atoms with E-state index in [4.69, 9.17) is 4.43 Å². The van der Waals surface area contributed by atoms with Gasteiger partial charge in [-0.05, 0) is 25.6 Å². The van der Waals surface area contributed by atoms with E-state index in [1.807, 2.05) is 6.08 Å². The lowest BCUT2D eigenvalue weighted by molar-refractivity contribution is 0.206. The van der Waals surface area contributed by atoms with Gasteiger partial charge in [0, 0.05) is 0 Å². The van der Waals surface area contributed by atoms with Gasteiger partial charge in [-0.25, -0.2) is 0 Å². The van der Waals surface area contributed by atoms with Crippen LogP contribution in [0.2, 0.25) is 19.1 Å². The van der Waals surface area contributed by atoms with Crippen LogP contribution in [0.1, 0.15) is 12.8 Å². The molecule has 0 N–H and O–H groups in total. The van der Waals surface area contributed by atoms with Gasteiger partial charge in [0.05, 0.1) is 6.10 Å². The lowest BCUT2D eigenvalue weighted by Gasteiger charge is -2.32. The maximum absolute atomic E-state index is 5.84. The molecular weight excluding hydrogens is 140 g/mol. The molecule has 1 saturated heterocycles. The molecule has 0 aliphatic carbocycles. The topological polar surface area (TPSA) is 9.23 Å². The smallest absolute Gasteiger partial charge is 0.187 e. The normalized spacial score (nSPS) is 31.6. The van der Waals surface area contributed by atoms with Crippen molar-refractivity contribution in [2.75, 3.05) is 0 Å². The Kier molecular flexibility index (Phi) is 2.31. The minimum Gasteiger partial charge on any atom is -0.411 e. The zero-order valence-electron chi connectivity index (χ0n) is 6.89. The van der Waals surface area contributed by atoms with Gasteiger partial charge in [-0.15, -0.1) is 6.58 Å². The van der Waals surface area contributed by atoms with Gasteiger partial charge in [0.15, 0.2) is 8.32 Å². The SMILES string of the molecule is C=CC1CCC[Si](C)(C)O1. The molecule has 1 rings (SSSR count). The fourth-order valence-electron chi connectivity index (χ4n) is 1.42. The highest BCUT2D eigenvalue weighted by atomic mass is 28.4. The van der Waals surface area contributed by atoms with Gasteiger partial charge in [-0.1, -0.05) is 12.5 Å². The van der Waals surface area contributed by atoms with Crippen LogP contribution in [0.4, 0.5) is 0 Å². The molecule has 0 spiro atoms. The van der Waals surface area contributed by atoms with Crippen molar-refractivity contribution < 1.29 is 4.43 Å². The second kappa shape index (κ2) is 2.89. The molecule has 1 unspecified atom stereocenters. The number of rotatable bonds is 1. The molecule has 1 atom stereocenters. The van der Waals surface area contributed by atoms with E-state index in [9.17, 15) is 0 Å². The van der Waals surface area contributed by atoms with Crippen molar-refractivity contribution in [2.45, 2.75) is 38.1 Å². The molecule has 0 bridgehead atoms. The first kappa shape index (κ1) is 8.02. The van der Waals surface area contributed by atoms with E-state index in [2.05, 4.69) is 19.7 Å². The summed E-state index contributed by atoms with van der Waals surface area (Å²) in [6.45, 7) is 8.31. The lowest BCUT2D eigenvalue weighted by Crippen LogP contribution is -2.38. The summed E-state index contributed by atoms with van der Waals surface area (Å²) in [5.74, 6) is 0. The molecule has 0 aromatic carbocycles. The van der Waals surface area contributed by atoms with Crippen LogP contribution in [0.5, 0.6) is 0 Å². The van der Waals surface area contributed by atoms with Gasteiger partial charge >= 0.3 is 0 Å². The van der Waals surface area contributed by atoms with E-state index < -0.39 is 8.32 Å². The second-order valence-electron chi connectivity index (χ2n) is 3.54. The molecule has 2 heteroatoms. The minimum atomic E-state index is -1.25. The fourth-order valence-corrected chi connectivity index (χ4v) is 3.63. The summed E-state index contributed by atoms with van der Waals surface area (Å²) in [6, 6.07) is 1.32. The van der Waals surface area contributed by atoms with Crippen LogP contribution >= 0.6 is 0 Å². The summed E-state index contributed by atoms with van der Waals surface area (Å²) in [5, 5.41) is 0. The minimum absolute atomic E-state index is 0.357. The summed E-state index contributed by atoms with van der Waals surface area (Å²) < 4.78 is 5.84. The van der Waals surface area contributed by atoms with Crippen molar-refractivity contribution in [3.8, 4) is 0 Å². The van der Waals surface area contributed by atoms with E-state index in [1.54, 1.807) is 0 Å². The van der Waals surface area contributed by atoms with Crippen LogP contribution in [-0.4, -0.2) is 14.4 Å². The zero-order valence-corrected chi connectivity index (χ0v) is 7.89. The largest absolute Gasteiger partial charge is 0.411 e. The Morgan fingerprint density at radius 3 is 2.70 bits per heavy atom. The van der Waals surface area contributed by atoms with E-state index in [0.717, 1.165) is 0 Å². The molecule has 0 aromatic rings. The first-order valence-corrected chi connectivity index (χ1v) is 7.06. The predicted molar refractivity (Wildman–Crippen MR) is 46.6 cm³/mol. The fraction of sp³-hybridized carbons (Fsp3) is 0.750. The molecule has 0 saturated carbocycles. The standard InChI is InChI=1S/C8H16OSi/c1-4-8-6-5-7-10(2,3)9-8/h4,8H,1,5-7H2,2-3H3. The summed E-state index contributed by atoms with van der Waals surface area (Å²) in [5.41, 5.74) is 0. The van der Waals surface area contributed by atoms with Crippen LogP contribution < -0.4 is 0 Å². The third kappa shape index (κ3) is 1.96. The van der Waals surface area contributed by atoms with Crippen molar-refractivity contribution in [1.82, 2.24) is 0 Å². The molecule has 1 aliphatic rings. The molecule has 0 aromatic heterocycles. The highest BCUT2D eigenvalue weighted by molar-refractivity contribution is 6.71. The van der Waals surface area contributed by atoms with Crippen molar-refractivity contribution >= 4 is 8.32 Å². The van der Waals surface area contributed by atoms with Gasteiger partial charge in [-0.3, -0.25) is 0 Å². The van der Waals surface area contributed by atoms with Crippen molar-refractivity contribution in [3.05, 3.63) is 12.7 Å². The summed E-state index contributed by atoms with van der Waals surface area (Å²) in [6.07, 6.45) is 4.81. The van der Waals surface area contributed by atoms with Gasteiger partial charge in [-0.2, -0.15) is 0 Å². The summed E-state index contributed by atoms with van der Waals surface area (Å²) in [4.78, 5) is 0.